The summed E-state index contributed by atoms with van der Waals surface area (Å²) in [5, 5.41) is 12.3. The van der Waals surface area contributed by atoms with Gasteiger partial charge in [0, 0.05) is 12.6 Å². The highest BCUT2D eigenvalue weighted by Gasteiger charge is 2.21. The second-order valence-electron chi connectivity index (χ2n) is 7.67. The number of nitrogens with one attached hydrogen (secondary N) is 1. The van der Waals surface area contributed by atoms with Crippen LogP contribution in [0.4, 0.5) is 0 Å². The van der Waals surface area contributed by atoms with Crippen LogP contribution in [0.2, 0.25) is 0 Å². The van der Waals surface area contributed by atoms with E-state index in [9.17, 15) is 4.79 Å². The number of carbonyl (C=O) groups excluding carboxylic acids is 1. The minimum Gasteiger partial charge on any atom is -0.497 e. The molecule has 1 amide bonds. The fourth-order valence-corrected chi connectivity index (χ4v) is 4.42. The van der Waals surface area contributed by atoms with Gasteiger partial charge >= 0.3 is 0 Å². The van der Waals surface area contributed by atoms with Crippen molar-refractivity contribution in [3.8, 4) is 22.1 Å². The Morgan fingerprint density at radius 2 is 1.91 bits per heavy atom. The first-order valence-electron chi connectivity index (χ1n) is 10.3. The van der Waals surface area contributed by atoms with Crippen LogP contribution in [0.25, 0.3) is 16.4 Å². The van der Waals surface area contributed by atoms with Crippen molar-refractivity contribution in [1.82, 2.24) is 25.3 Å². The molecule has 8 heteroatoms. The van der Waals surface area contributed by atoms with E-state index in [1.165, 1.54) is 22.5 Å². The van der Waals surface area contributed by atoms with Gasteiger partial charge in [0.25, 0.3) is 5.91 Å². The number of ether oxygens (including phenoxy) is 1. The Balaban J connectivity index is 1.55. The summed E-state index contributed by atoms with van der Waals surface area (Å²) in [4.78, 5) is 18.0. The Kier molecular flexibility index (Phi) is 6.05. The van der Waals surface area contributed by atoms with Gasteiger partial charge in [-0.15, -0.1) is 16.4 Å². The van der Waals surface area contributed by atoms with E-state index in [2.05, 4.69) is 46.6 Å². The molecular formula is C24H25N5O2S. The maximum atomic E-state index is 12.8. The molecule has 0 aliphatic rings. The first-order chi connectivity index (χ1) is 15.4. The molecule has 4 aromatic rings. The molecule has 0 bridgehead atoms. The lowest BCUT2D eigenvalue weighted by molar-refractivity contribution is 0.0954. The van der Waals surface area contributed by atoms with Crippen LogP contribution in [0, 0.1) is 27.7 Å². The van der Waals surface area contributed by atoms with Crippen molar-refractivity contribution in [2.75, 3.05) is 7.11 Å². The Hall–Kier alpha value is -3.52. The topological polar surface area (TPSA) is 81.9 Å². The Bertz CT molecular complexity index is 1290. The highest BCUT2D eigenvalue weighted by molar-refractivity contribution is 7.17. The van der Waals surface area contributed by atoms with Gasteiger partial charge < -0.3 is 10.1 Å². The third kappa shape index (κ3) is 4.27. The van der Waals surface area contributed by atoms with Gasteiger partial charge in [0.2, 0.25) is 0 Å². The summed E-state index contributed by atoms with van der Waals surface area (Å²) in [6.07, 6.45) is 0. The van der Waals surface area contributed by atoms with Crippen molar-refractivity contribution in [3.63, 3.8) is 0 Å². The average Bonchev–Trinajstić information content (AvgIpc) is 3.36. The molecule has 0 saturated carbocycles. The van der Waals surface area contributed by atoms with E-state index in [0.29, 0.717) is 27.8 Å². The molecule has 4 rings (SSSR count). The second-order valence-corrected chi connectivity index (χ2v) is 8.67. The molecule has 2 aromatic carbocycles. The van der Waals surface area contributed by atoms with Gasteiger partial charge in [-0.3, -0.25) is 4.79 Å². The Labute approximate surface area is 191 Å². The van der Waals surface area contributed by atoms with E-state index in [1.807, 2.05) is 44.2 Å². The lowest BCUT2D eigenvalue weighted by atomic mass is 10.1. The first-order valence-corrected chi connectivity index (χ1v) is 11.1. The molecule has 0 fully saturated rings. The lowest BCUT2D eigenvalue weighted by Gasteiger charge is -2.07. The fraction of sp³-hybridized carbons (Fsp3) is 0.250. The van der Waals surface area contributed by atoms with Gasteiger partial charge in [-0.25, -0.2) is 9.67 Å². The number of carbonyl (C=O) groups is 1. The number of hydrogen-bond donors (Lipinski definition) is 1. The van der Waals surface area contributed by atoms with Crippen molar-refractivity contribution in [2.24, 2.45) is 0 Å². The van der Waals surface area contributed by atoms with Gasteiger partial charge in [0.15, 0.2) is 0 Å². The van der Waals surface area contributed by atoms with Crippen molar-refractivity contribution < 1.29 is 9.53 Å². The number of aromatic nitrogens is 4. The molecule has 7 nitrogen and oxygen atoms in total. The van der Waals surface area contributed by atoms with Gasteiger partial charge in [0.1, 0.15) is 21.3 Å². The molecule has 0 aliphatic heterocycles. The van der Waals surface area contributed by atoms with Crippen molar-refractivity contribution >= 4 is 17.2 Å². The number of methoxy groups -OCH3 is 1. The maximum absolute atomic E-state index is 12.8. The predicted molar refractivity (Wildman–Crippen MR) is 126 cm³/mol. The summed E-state index contributed by atoms with van der Waals surface area (Å²) in [6.45, 7) is 8.39. The van der Waals surface area contributed by atoms with Crippen molar-refractivity contribution in [3.05, 3.63) is 75.4 Å². The number of aryl methyl sites for hydroxylation is 3. The number of rotatable bonds is 6. The highest BCUT2D eigenvalue weighted by Crippen LogP contribution is 2.30. The summed E-state index contributed by atoms with van der Waals surface area (Å²) < 4.78 is 7.05. The molecule has 1 N–H and O–H groups in total. The van der Waals surface area contributed by atoms with Crippen LogP contribution in [-0.2, 0) is 6.54 Å². The minimum absolute atomic E-state index is 0.137. The average molecular weight is 448 g/mol. The van der Waals surface area contributed by atoms with Crippen LogP contribution in [0.3, 0.4) is 0 Å². The monoisotopic (exact) mass is 447 g/mol. The molecule has 2 heterocycles. The molecule has 0 saturated heterocycles. The smallest absolute Gasteiger partial charge is 0.263 e. The largest absolute Gasteiger partial charge is 0.497 e. The molecule has 0 radical (unpaired) electrons. The summed E-state index contributed by atoms with van der Waals surface area (Å²) in [6, 6.07) is 13.8. The van der Waals surface area contributed by atoms with Crippen LogP contribution >= 0.6 is 11.3 Å². The summed E-state index contributed by atoms with van der Waals surface area (Å²) in [7, 11) is 1.63. The van der Waals surface area contributed by atoms with Gasteiger partial charge in [-0.1, -0.05) is 29.5 Å². The molecule has 32 heavy (non-hydrogen) atoms. The fourth-order valence-electron chi connectivity index (χ4n) is 3.40. The molecular weight excluding hydrogens is 422 g/mol. The third-order valence-corrected chi connectivity index (χ3v) is 6.59. The zero-order valence-electron chi connectivity index (χ0n) is 18.8. The summed E-state index contributed by atoms with van der Waals surface area (Å²) in [5.41, 5.74) is 6.55. The van der Waals surface area contributed by atoms with Crippen LogP contribution < -0.4 is 10.1 Å². The Morgan fingerprint density at radius 3 is 2.66 bits per heavy atom. The molecule has 0 atom stereocenters. The standard InChI is InChI=1S/C24H25N5O2S/c1-14-9-10-18(11-15(14)2)13-25-23(30)22-16(3)26-24(32-22)21-17(4)29(28-27-21)19-7-6-8-20(12-19)31-5/h6-12H,13H2,1-5H3,(H,25,30). The van der Waals surface area contributed by atoms with Gasteiger partial charge in [-0.2, -0.15) is 0 Å². The third-order valence-electron chi connectivity index (χ3n) is 5.42. The van der Waals surface area contributed by atoms with E-state index < -0.39 is 0 Å². The molecule has 0 aliphatic carbocycles. The molecule has 164 valence electrons. The zero-order valence-corrected chi connectivity index (χ0v) is 19.6. The van der Waals surface area contributed by atoms with Crippen molar-refractivity contribution in [1.29, 1.82) is 0 Å². The molecule has 0 spiro atoms. The van der Waals surface area contributed by atoms with E-state index >= 15 is 0 Å². The molecule has 0 unspecified atom stereocenters. The van der Waals surface area contributed by atoms with Crippen molar-refractivity contribution in [2.45, 2.75) is 34.2 Å². The summed E-state index contributed by atoms with van der Waals surface area (Å²) >= 11 is 1.33. The zero-order chi connectivity index (χ0) is 22.8. The van der Waals surface area contributed by atoms with Crippen LogP contribution in [-0.4, -0.2) is 33.0 Å². The minimum atomic E-state index is -0.137. The second kappa shape index (κ2) is 8.92. The molecule has 2 aromatic heterocycles. The van der Waals surface area contributed by atoms with Gasteiger partial charge in [0.05, 0.1) is 24.2 Å². The Morgan fingerprint density at radius 1 is 1.09 bits per heavy atom. The number of nitrogens with zero attached hydrogens (tertiary/aromatic N) is 4. The van der Waals surface area contributed by atoms with E-state index in [-0.39, 0.29) is 5.91 Å². The van der Waals surface area contributed by atoms with Gasteiger partial charge in [-0.05, 0) is 56.5 Å². The van der Waals surface area contributed by atoms with E-state index in [0.717, 1.165) is 22.7 Å². The van der Waals surface area contributed by atoms with Crippen LogP contribution in [0.5, 0.6) is 5.75 Å². The highest BCUT2D eigenvalue weighted by atomic mass is 32.1. The number of hydrogen-bond acceptors (Lipinski definition) is 6. The summed E-state index contributed by atoms with van der Waals surface area (Å²) in [5.74, 6) is 0.606. The number of thiazole rings is 1. The normalized spacial score (nSPS) is 10.9. The SMILES string of the molecule is COc1cccc(-n2nnc(-c3nc(C)c(C(=O)NCc4ccc(C)c(C)c4)s3)c2C)c1. The predicted octanol–water partition coefficient (Wildman–Crippen LogP) is 4.56. The maximum Gasteiger partial charge on any atom is 0.263 e. The van der Waals surface area contributed by atoms with Crippen LogP contribution in [0.15, 0.2) is 42.5 Å². The quantitative estimate of drug-likeness (QED) is 0.468. The lowest BCUT2D eigenvalue weighted by Crippen LogP contribution is -2.22. The van der Waals surface area contributed by atoms with E-state index in [1.54, 1.807) is 11.8 Å². The van der Waals surface area contributed by atoms with E-state index in [4.69, 9.17) is 4.74 Å². The van der Waals surface area contributed by atoms with Crippen LogP contribution in [0.1, 0.15) is 37.7 Å². The number of amides is 1. The first kappa shape index (κ1) is 21.7. The number of benzene rings is 2.